The van der Waals surface area contributed by atoms with Crippen LogP contribution in [0.3, 0.4) is 0 Å². The van der Waals surface area contributed by atoms with Crippen molar-refractivity contribution in [1.29, 1.82) is 0 Å². The van der Waals surface area contributed by atoms with Crippen LogP contribution in [0, 0.1) is 3.57 Å². The first-order valence-corrected chi connectivity index (χ1v) is 5.64. The van der Waals surface area contributed by atoms with Crippen LogP contribution >= 0.6 is 22.6 Å². The monoisotopic (exact) mass is 306 g/mol. The summed E-state index contributed by atoms with van der Waals surface area (Å²) in [7, 11) is 0. The highest BCUT2D eigenvalue weighted by Gasteiger charge is 2.16. The van der Waals surface area contributed by atoms with Crippen LogP contribution in [0.15, 0.2) is 12.4 Å². The highest BCUT2D eigenvalue weighted by Crippen LogP contribution is 2.13. The van der Waals surface area contributed by atoms with E-state index in [1.54, 1.807) is 12.4 Å². The Labute approximate surface area is 96.2 Å². The minimum absolute atomic E-state index is 0.212. The Morgan fingerprint density at radius 1 is 1.29 bits per heavy atom. The molecule has 4 nitrogen and oxygen atoms in total. The molecule has 0 unspecified atom stereocenters. The zero-order valence-electron chi connectivity index (χ0n) is 7.65. The van der Waals surface area contributed by atoms with Crippen LogP contribution in [0.2, 0.25) is 0 Å². The van der Waals surface area contributed by atoms with Gasteiger partial charge in [-0.1, -0.05) is 0 Å². The molecule has 0 amide bonds. The van der Waals surface area contributed by atoms with Crippen LogP contribution < -0.4 is 4.74 Å². The van der Waals surface area contributed by atoms with E-state index in [9.17, 15) is 0 Å². The number of rotatable bonds is 2. The molecule has 1 saturated heterocycles. The summed E-state index contributed by atoms with van der Waals surface area (Å²) in [5.74, 6) is 0. The predicted molar refractivity (Wildman–Crippen MR) is 59.2 cm³/mol. The van der Waals surface area contributed by atoms with Gasteiger partial charge in [0.1, 0.15) is 6.10 Å². The van der Waals surface area contributed by atoms with Crippen molar-refractivity contribution >= 4 is 22.6 Å². The maximum atomic E-state index is 5.60. The van der Waals surface area contributed by atoms with Gasteiger partial charge in [0.2, 0.25) is 0 Å². The van der Waals surface area contributed by atoms with Crippen LogP contribution in [-0.2, 0) is 4.74 Å². The SMILES string of the molecule is Ic1cnc(OC2CCOCC2)nc1. The van der Waals surface area contributed by atoms with Gasteiger partial charge in [-0.05, 0) is 22.6 Å². The van der Waals surface area contributed by atoms with Crippen molar-refractivity contribution < 1.29 is 9.47 Å². The highest BCUT2D eigenvalue weighted by atomic mass is 127. The molecule has 0 saturated carbocycles. The molecular formula is C9H11IN2O2. The largest absolute Gasteiger partial charge is 0.460 e. The predicted octanol–water partition coefficient (Wildman–Crippen LogP) is 1.64. The number of ether oxygens (including phenoxy) is 2. The molecule has 0 atom stereocenters. The lowest BCUT2D eigenvalue weighted by Crippen LogP contribution is -2.26. The fraction of sp³-hybridized carbons (Fsp3) is 0.556. The molecule has 14 heavy (non-hydrogen) atoms. The Balaban J connectivity index is 1.92. The molecule has 0 bridgehead atoms. The number of hydrogen-bond donors (Lipinski definition) is 0. The maximum Gasteiger partial charge on any atom is 0.316 e. The second-order valence-corrected chi connectivity index (χ2v) is 4.36. The average molecular weight is 306 g/mol. The molecule has 76 valence electrons. The number of halogens is 1. The third-order valence-electron chi connectivity index (χ3n) is 2.04. The number of hydrogen-bond acceptors (Lipinski definition) is 4. The minimum Gasteiger partial charge on any atom is -0.460 e. The van der Waals surface area contributed by atoms with Crippen LogP contribution in [0.5, 0.6) is 6.01 Å². The van der Waals surface area contributed by atoms with Crippen molar-refractivity contribution in [2.45, 2.75) is 18.9 Å². The van der Waals surface area contributed by atoms with E-state index in [0.717, 1.165) is 29.6 Å². The zero-order valence-corrected chi connectivity index (χ0v) is 9.81. The van der Waals surface area contributed by atoms with Gasteiger partial charge in [-0.25, -0.2) is 9.97 Å². The summed E-state index contributed by atoms with van der Waals surface area (Å²) in [5, 5.41) is 0. The van der Waals surface area contributed by atoms with Crippen LogP contribution in [0.4, 0.5) is 0 Å². The van der Waals surface area contributed by atoms with Gasteiger partial charge in [-0.2, -0.15) is 0 Å². The molecule has 1 fully saturated rings. The van der Waals surface area contributed by atoms with Gasteiger partial charge in [-0.3, -0.25) is 0 Å². The van der Waals surface area contributed by atoms with Gasteiger partial charge in [0, 0.05) is 28.8 Å². The van der Waals surface area contributed by atoms with Gasteiger partial charge in [0.15, 0.2) is 0 Å². The minimum atomic E-state index is 0.212. The second kappa shape index (κ2) is 4.88. The standard InChI is InChI=1S/C9H11IN2O2/c10-7-5-11-9(12-6-7)14-8-1-3-13-4-2-8/h5-6,8H,1-4H2. The number of aromatic nitrogens is 2. The summed E-state index contributed by atoms with van der Waals surface area (Å²) in [4.78, 5) is 8.18. The summed E-state index contributed by atoms with van der Waals surface area (Å²) in [6.45, 7) is 1.55. The summed E-state index contributed by atoms with van der Waals surface area (Å²) >= 11 is 2.17. The molecule has 0 aromatic carbocycles. The van der Waals surface area contributed by atoms with E-state index in [1.165, 1.54) is 0 Å². The van der Waals surface area contributed by atoms with Crippen molar-refractivity contribution in [2.24, 2.45) is 0 Å². The molecule has 1 aromatic rings. The average Bonchev–Trinajstić information content (AvgIpc) is 2.23. The summed E-state index contributed by atoms with van der Waals surface area (Å²) in [6.07, 6.45) is 5.57. The molecule has 1 aliphatic heterocycles. The molecule has 0 radical (unpaired) electrons. The fourth-order valence-electron chi connectivity index (χ4n) is 1.30. The van der Waals surface area contributed by atoms with Crippen molar-refractivity contribution in [3.05, 3.63) is 16.0 Å². The molecule has 0 N–H and O–H groups in total. The smallest absolute Gasteiger partial charge is 0.316 e. The van der Waals surface area contributed by atoms with Crippen molar-refractivity contribution in [3.8, 4) is 6.01 Å². The van der Waals surface area contributed by atoms with Crippen LogP contribution in [0.25, 0.3) is 0 Å². The Bertz CT molecular complexity index is 285. The van der Waals surface area contributed by atoms with E-state index in [1.807, 2.05) is 0 Å². The van der Waals surface area contributed by atoms with Gasteiger partial charge in [0.05, 0.1) is 13.2 Å². The lowest BCUT2D eigenvalue weighted by atomic mass is 10.2. The Hall–Kier alpha value is -0.430. The molecule has 1 aromatic heterocycles. The van der Waals surface area contributed by atoms with Crippen molar-refractivity contribution in [2.75, 3.05) is 13.2 Å². The normalized spacial score (nSPS) is 18.1. The molecular weight excluding hydrogens is 295 g/mol. The zero-order chi connectivity index (χ0) is 9.80. The first-order chi connectivity index (χ1) is 6.84. The van der Waals surface area contributed by atoms with E-state index in [-0.39, 0.29) is 6.10 Å². The lowest BCUT2D eigenvalue weighted by Gasteiger charge is -2.21. The molecule has 2 rings (SSSR count). The first-order valence-electron chi connectivity index (χ1n) is 4.56. The molecule has 2 heterocycles. The summed E-state index contributed by atoms with van der Waals surface area (Å²) in [5.41, 5.74) is 0. The van der Waals surface area contributed by atoms with Gasteiger partial charge in [0.25, 0.3) is 0 Å². The van der Waals surface area contributed by atoms with E-state index >= 15 is 0 Å². The summed E-state index contributed by atoms with van der Waals surface area (Å²) < 4.78 is 11.9. The highest BCUT2D eigenvalue weighted by molar-refractivity contribution is 14.1. The molecule has 0 spiro atoms. The molecule has 1 aliphatic rings. The molecule has 5 heteroatoms. The van der Waals surface area contributed by atoms with Crippen LogP contribution in [0.1, 0.15) is 12.8 Å². The molecule has 0 aliphatic carbocycles. The summed E-state index contributed by atoms with van der Waals surface area (Å²) in [6, 6.07) is 0.470. The Kier molecular flexibility index (Phi) is 3.52. The third-order valence-corrected chi connectivity index (χ3v) is 2.59. The Morgan fingerprint density at radius 3 is 2.57 bits per heavy atom. The van der Waals surface area contributed by atoms with E-state index < -0.39 is 0 Å². The van der Waals surface area contributed by atoms with E-state index in [2.05, 4.69) is 32.6 Å². The van der Waals surface area contributed by atoms with Crippen molar-refractivity contribution in [3.63, 3.8) is 0 Å². The van der Waals surface area contributed by atoms with Gasteiger partial charge >= 0.3 is 6.01 Å². The van der Waals surface area contributed by atoms with E-state index in [4.69, 9.17) is 9.47 Å². The van der Waals surface area contributed by atoms with Crippen LogP contribution in [-0.4, -0.2) is 29.3 Å². The van der Waals surface area contributed by atoms with Gasteiger partial charge < -0.3 is 9.47 Å². The van der Waals surface area contributed by atoms with E-state index in [0.29, 0.717) is 6.01 Å². The fourth-order valence-corrected chi connectivity index (χ4v) is 1.58. The van der Waals surface area contributed by atoms with Crippen molar-refractivity contribution in [1.82, 2.24) is 9.97 Å². The second-order valence-electron chi connectivity index (χ2n) is 3.11. The number of nitrogens with zero attached hydrogens (tertiary/aromatic N) is 2. The lowest BCUT2D eigenvalue weighted by molar-refractivity contribution is 0.0217. The third kappa shape index (κ3) is 2.78. The van der Waals surface area contributed by atoms with Gasteiger partial charge in [-0.15, -0.1) is 0 Å². The maximum absolute atomic E-state index is 5.60. The Morgan fingerprint density at radius 2 is 1.93 bits per heavy atom. The first kappa shape index (κ1) is 10.1. The quantitative estimate of drug-likeness (QED) is 0.779. The topological polar surface area (TPSA) is 44.2 Å².